The quantitative estimate of drug-likeness (QED) is 0.0756. The van der Waals surface area contributed by atoms with Gasteiger partial charge in [0.1, 0.15) is 55.4 Å². The van der Waals surface area contributed by atoms with E-state index in [4.69, 9.17) is 28.4 Å². The maximum atomic E-state index is 12.5. The molecule has 3 saturated heterocycles. The standard InChI is InChI=1S/C36H58O18/c37-13-25-28(43)30(45)32(47)36(53-25)52-24-12-19-22(50-34(24)16-4-7-20(40)21(41)9-16)10-18(39)11-23(19)51-35-33(48)31(46)29(44)26(54-35)14-49-27(42)8-3-15-1-5-17(38)6-2-15/h3,8,15-26,28-41,43-48H,1-2,4-7,9-14H2/t15?,16?,17?,18?,19?,20?,21?,22?,23?,24?,25-,26-,28+,29-,30+,31+,32-,33-,34?,35-,36-/m1/s1. The summed E-state index contributed by atoms with van der Waals surface area (Å²) in [6, 6.07) is 0. The molecule has 9 unspecified atom stereocenters. The van der Waals surface area contributed by atoms with Crippen molar-refractivity contribution in [1.82, 2.24) is 0 Å². The Bertz CT molecular complexity index is 1230. The zero-order valence-electron chi connectivity index (χ0n) is 30.0. The summed E-state index contributed by atoms with van der Waals surface area (Å²) >= 11 is 0. The maximum Gasteiger partial charge on any atom is 0.330 e. The maximum absolute atomic E-state index is 12.5. The first-order valence-corrected chi connectivity index (χ1v) is 19.3. The van der Waals surface area contributed by atoms with E-state index in [0.29, 0.717) is 19.3 Å². The second kappa shape index (κ2) is 18.4. The average Bonchev–Trinajstić information content (AvgIpc) is 3.15. The lowest BCUT2D eigenvalue weighted by molar-refractivity contribution is -0.344. The average molecular weight is 779 g/mol. The van der Waals surface area contributed by atoms with Crippen LogP contribution in [0, 0.1) is 17.8 Å². The fraction of sp³-hybridized carbons (Fsp3) is 0.917. The molecule has 0 aromatic rings. The first-order valence-electron chi connectivity index (χ1n) is 19.3. The molecule has 3 aliphatic carbocycles. The molecule has 6 fully saturated rings. The topological polar surface area (TPSA) is 295 Å². The lowest BCUT2D eigenvalue weighted by Crippen LogP contribution is -2.63. The Kier molecular flexibility index (Phi) is 14.4. The highest BCUT2D eigenvalue weighted by atomic mass is 16.7. The zero-order chi connectivity index (χ0) is 38.8. The fourth-order valence-electron chi connectivity index (χ4n) is 8.95. The largest absolute Gasteiger partial charge is 0.460 e. The van der Waals surface area contributed by atoms with Gasteiger partial charge in [-0.1, -0.05) is 6.08 Å². The monoisotopic (exact) mass is 778 g/mol. The predicted molar refractivity (Wildman–Crippen MR) is 180 cm³/mol. The summed E-state index contributed by atoms with van der Waals surface area (Å²) in [7, 11) is 0. The van der Waals surface area contributed by atoms with Crippen LogP contribution in [0.15, 0.2) is 12.2 Å². The summed E-state index contributed by atoms with van der Waals surface area (Å²) in [6.45, 7) is -1.15. The number of esters is 1. The minimum Gasteiger partial charge on any atom is -0.460 e. The Balaban J connectivity index is 1.15. The molecule has 6 aliphatic rings. The molecule has 0 spiro atoms. The van der Waals surface area contributed by atoms with Gasteiger partial charge < -0.3 is 84.6 Å². The van der Waals surface area contributed by atoms with Crippen LogP contribution in [0.5, 0.6) is 0 Å². The molecule has 6 rings (SSSR count). The van der Waals surface area contributed by atoms with Crippen LogP contribution < -0.4 is 0 Å². The molecular weight excluding hydrogens is 720 g/mol. The van der Waals surface area contributed by atoms with Crippen LogP contribution in [0.4, 0.5) is 0 Å². The van der Waals surface area contributed by atoms with E-state index >= 15 is 0 Å². The van der Waals surface area contributed by atoms with E-state index in [0.717, 1.165) is 12.8 Å². The van der Waals surface area contributed by atoms with Crippen LogP contribution >= 0.6 is 0 Å². The van der Waals surface area contributed by atoms with E-state index in [1.807, 2.05) is 0 Å². The van der Waals surface area contributed by atoms with E-state index in [2.05, 4.69) is 0 Å². The van der Waals surface area contributed by atoms with E-state index in [9.17, 15) is 61.0 Å². The van der Waals surface area contributed by atoms with Gasteiger partial charge in [0.25, 0.3) is 0 Å². The molecule has 11 N–H and O–H groups in total. The molecule has 3 saturated carbocycles. The van der Waals surface area contributed by atoms with Gasteiger partial charge in [0.15, 0.2) is 12.6 Å². The Labute approximate surface area is 312 Å². The number of aliphatic hydroxyl groups is 11. The van der Waals surface area contributed by atoms with Gasteiger partial charge in [-0.3, -0.25) is 0 Å². The van der Waals surface area contributed by atoms with Crippen molar-refractivity contribution in [3.8, 4) is 0 Å². The minimum absolute atomic E-state index is 0.0458. The molecule has 19 atom stereocenters. The van der Waals surface area contributed by atoms with Crippen molar-refractivity contribution in [3.05, 3.63) is 12.2 Å². The number of allylic oxidation sites excluding steroid dienone is 1. The number of rotatable bonds is 10. The number of fused-ring (bicyclic) bond motifs is 1. The summed E-state index contributed by atoms with van der Waals surface area (Å²) in [5.74, 6) is -1.48. The molecule has 0 radical (unpaired) electrons. The normalized spacial score (nSPS) is 50.4. The van der Waals surface area contributed by atoms with Crippen molar-refractivity contribution < 1.29 is 89.4 Å². The van der Waals surface area contributed by atoms with Crippen molar-refractivity contribution in [1.29, 1.82) is 0 Å². The van der Waals surface area contributed by atoms with Crippen molar-refractivity contribution in [2.24, 2.45) is 17.8 Å². The van der Waals surface area contributed by atoms with Crippen molar-refractivity contribution in [2.45, 2.75) is 174 Å². The number of hydrogen-bond donors (Lipinski definition) is 11. The summed E-state index contributed by atoms with van der Waals surface area (Å²) in [4.78, 5) is 12.5. The first-order chi connectivity index (χ1) is 25.7. The Hall–Kier alpha value is -1.43. The Morgan fingerprint density at radius 2 is 1.24 bits per heavy atom. The van der Waals surface area contributed by atoms with Gasteiger partial charge in [-0.25, -0.2) is 4.79 Å². The number of carbonyl (C=O) groups is 1. The van der Waals surface area contributed by atoms with Gasteiger partial charge in [0, 0.05) is 18.4 Å². The van der Waals surface area contributed by atoms with Crippen LogP contribution in [-0.2, 0) is 33.2 Å². The number of ether oxygens (including phenoxy) is 6. The third kappa shape index (κ3) is 9.63. The molecule has 310 valence electrons. The summed E-state index contributed by atoms with van der Waals surface area (Å²) in [6.07, 6.45) is -15.1. The molecule has 0 aromatic heterocycles. The van der Waals surface area contributed by atoms with Gasteiger partial charge in [-0.2, -0.15) is 0 Å². The highest BCUT2D eigenvalue weighted by molar-refractivity contribution is 5.81. The van der Waals surface area contributed by atoms with Gasteiger partial charge in [-0.15, -0.1) is 0 Å². The lowest BCUT2D eigenvalue weighted by atomic mass is 9.72. The predicted octanol–water partition coefficient (Wildman–Crippen LogP) is -3.53. The molecule has 0 bridgehead atoms. The number of aliphatic hydroxyl groups excluding tert-OH is 11. The van der Waals surface area contributed by atoms with Crippen molar-refractivity contribution in [2.75, 3.05) is 13.2 Å². The molecule has 3 heterocycles. The third-order valence-corrected chi connectivity index (χ3v) is 12.2. The second-order valence-corrected chi connectivity index (χ2v) is 16.0. The van der Waals surface area contributed by atoms with E-state index in [1.165, 1.54) is 6.08 Å². The van der Waals surface area contributed by atoms with Crippen LogP contribution in [0.1, 0.15) is 64.2 Å². The van der Waals surface area contributed by atoms with Gasteiger partial charge >= 0.3 is 5.97 Å². The second-order valence-electron chi connectivity index (χ2n) is 16.0. The van der Waals surface area contributed by atoms with E-state index in [-0.39, 0.29) is 50.0 Å². The van der Waals surface area contributed by atoms with Gasteiger partial charge in [-0.05, 0) is 69.6 Å². The minimum atomic E-state index is -1.75. The molecule has 18 nitrogen and oxygen atoms in total. The summed E-state index contributed by atoms with van der Waals surface area (Å²) in [5.41, 5.74) is 0. The van der Waals surface area contributed by atoms with Crippen LogP contribution in [0.2, 0.25) is 0 Å². The molecule has 54 heavy (non-hydrogen) atoms. The molecule has 0 aromatic carbocycles. The first kappa shape index (κ1) is 42.2. The lowest BCUT2D eigenvalue weighted by Gasteiger charge is -2.52. The summed E-state index contributed by atoms with van der Waals surface area (Å²) in [5, 5.41) is 115. The fourth-order valence-corrected chi connectivity index (χ4v) is 8.95. The number of hydrogen-bond acceptors (Lipinski definition) is 18. The molecule has 0 amide bonds. The highest BCUT2D eigenvalue weighted by Gasteiger charge is 2.54. The van der Waals surface area contributed by atoms with Crippen LogP contribution in [-0.4, -0.2) is 186 Å². The SMILES string of the molecule is O=C(C=CC1CCC(O)CC1)OC[C@H]1O[C@@H](OC2CC(O)CC3OC(C4CCC(O)C(O)C4)C(O[C@@H]4O[C@H](CO)[C@H](O)[C@H](O)[C@H]4O)CC32)[C@H](O)[C@@H](O)[C@@H]1O. The summed E-state index contributed by atoms with van der Waals surface area (Å²) < 4.78 is 35.9. The number of carbonyl (C=O) groups excluding carboxylic acids is 1. The van der Waals surface area contributed by atoms with E-state index in [1.54, 1.807) is 6.08 Å². The van der Waals surface area contributed by atoms with Gasteiger partial charge in [0.2, 0.25) is 0 Å². The molecule has 3 aliphatic heterocycles. The third-order valence-electron chi connectivity index (χ3n) is 12.2. The zero-order valence-corrected chi connectivity index (χ0v) is 30.0. The molecular formula is C36H58O18. The Morgan fingerprint density at radius 1 is 0.611 bits per heavy atom. The van der Waals surface area contributed by atoms with Crippen molar-refractivity contribution >= 4 is 5.97 Å². The van der Waals surface area contributed by atoms with Crippen LogP contribution in [0.25, 0.3) is 0 Å². The van der Waals surface area contributed by atoms with E-state index < -0.39 is 129 Å². The molecule has 18 heteroatoms. The highest BCUT2D eigenvalue weighted by Crippen LogP contribution is 2.45. The van der Waals surface area contributed by atoms with Gasteiger partial charge in [0.05, 0.1) is 55.4 Å². The smallest absolute Gasteiger partial charge is 0.330 e. The Morgan fingerprint density at radius 3 is 1.89 bits per heavy atom. The van der Waals surface area contributed by atoms with Crippen molar-refractivity contribution in [3.63, 3.8) is 0 Å². The van der Waals surface area contributed by atoms with Crippen LogP contribution in [0.3, 0.4) is 0 Å².